The van der Waals surface area contributed by atoms with Gasteiger partial charge in [0.15, 0.2) is 11.5 Å². The van der Waals surface area contributed by atoms with Crippen molar-refractivity contribution < 1.29 is 13.9 Å². The number of aromatic nitrogens is 5. The van der Waals surface area contributed by atoms with Gasteiger partial charge < -0.3 is 9.47 Å². The molecule has 10 heteroatoms. The molecule has 0 spiro atoms. The molecule has 1 saturated carbocycles. The third kappa shape index (κ3) is 4.63. The Hall–Kier alpha value is -3.56. The number of nitrogens with zero attached hydrogens (tertiary/aromatic N) is 5. The van der Waals surface area contributed by atoms with Crippen LogP contribution < -0.4 is 9.47 Å². The summed E-state index contributed by atoms with van der Waals surface area (Å²) >= 11 is 5.96. The largest absolute Gasteiger partial charge is 0.444 e. The second-order valence-corrected chi connectivity index (χ2v) is 11.2. The van der Waals surface area contributed by atoms with Crippen LogP contribution in [0.25, 0.3) is 11.4 Å². The summed E-state index contributed by atoms with van der Waals surface area (Å²) in [7, 11) is 0. The molecular formula is C29H28ClFN6O2. The van der Waals surface area contributed by atoms with E-state index in [0.717, 1.165) is 49.3 Å². The van der Waals surface area contributed by atoms with Crippen LogP contribution in [0.5, 0.6) is 11.5 Å². The van der Waals surface area contributed by atoms with Gasteiger partial charge in [0.2, 0.25) is 5.82 Å². The molecule has 1 atom stereocenters. The number of ether oxygens (including phenoxy) is 2. The summed E-state index contributed by atoms with van der Waals surface area (Å²) in [4.78, 5) is 7.31. The summed E-state index contributed by atoms with van der Waals surface area (Å²) in [5.74, 6) is 1.14. The molecule has 4 aromatic rings. The second kappa shape index (κ2) is 9.57. The predicted octanol–water partition coefficient (Wildman–Crippen LogP) is 5.96. The van der Waals surface area contributed by atoms with Crippen molar-refractivity contribution >= 4 is 11.6 Å². The van der Waals surface area contributed by atoms with E-state index < -0.39 is 11.6 Å². The van der Waals surface area contributed by atoms with Gasteiger partial charge in [-0.25, -0.2) is 4.39 Å². The molecule has 0 unspecified atom stereocenters. The minimum Gasteiger partial charge on any atom is -0.444 e. The fourth-order valence-corrected chi connectivity index (χ4v) is 6.01. The number of piperidine rings is 1. The molecule has 3 aliphatic rings. The molecule has 2 aliphatic heterocycles. The van der Waals surface area contributed by atoms with Crippen molar-refractivity contribution in [2.45, 2.75) is 56.8 Å². The number of hydrogen-bond donors (Lipinski definition) is 1. The molecule has 2 aromatic carbocycles. The van der Waals surface area contributed by atoms with Gasteiger partial charge in [0.1, 0.15) is 5.82 Å². The maximum atomic E-state index is 14.8. The van der Waals surface area contributed by atoms with Crippen LogP contribution in [-0.2, 0) is 12.3 Å². The highest BCUT2D eigenvalue weighted by molar-refractivity contribution is 6.30. The molecule has 2 aromatic heterocycles. The fourth-order valence-electron chi connectivity index (χ4n) is 5.85. The smallest absolute Gasteiger partial charge is 0.278 e. The number of nitrogens with one attached hydrogen (secondary N) is 1. The first-order valence-corrected chi connectivity index (χ1v) is 13.8. The van der Waals surface area contributed by atoms with Gasteiger partial charge in [-0.1, -0.05) is 23.7 Å². The quantitative estimate of drug-likeness (QED) is 0.319. The molecule has 4 heterocycles. The van der Waals surface area contributed by atoms with E-state index in [9.17, 15) is 4.39 Å². The molecule has 39 heavy (non-hydrogen) atoms. The highest BCUT2D eigenvalue weighted by Gasteiger charge is 2.43. The molecule has 1 N–H and O–H groups in total. The minimum atomic E-state index is -1.24. The van der Waals surface area contributed by atoms with Gasteiger partial charge in [-0.15, -0.1) is 10.2 Å². The van der Waals surface area contributed by atoms with E-state index in [1.165, 1.54) is 24.5 Å². The molecule has 0 amide bonds. The predicted molar refractivity (Wildman–Crippen MR) is 143 cm³/mol. The summed E-state index contributed by atoms with van der Waals surface area (Å²) in [5, 5.41) is 14.8. The average Bonchev–Trinajstić information content (AvgIpc) is 3.50. The van der Waals surface area contributed by atoms with E-state index in [0.29, 0.717) is 39.7 Å². The zero-order valence-corrected chi connectivity index (χ0v) is 22.3. The Labute approximate surface area is 230 Å². The van der Waals surface area contributed by atoms with Gasteiger partial charge in [0.25, 0.3) is 5.79 Å². The van der Waals surface area contributed by atoms with E-state index >= 15 is 0 Å². The number of para-hydroxylation sites is 1. The van der Waals surface area contributed by atoms with Crippen LogP contribution in [0, 0.1) is 5.82 Å². The van der Waals surface area contributed by atoms with Gasteiger partial charge in [0, 0.05) is 35.8 Å². The van der Waals surface area contributed by atoms with Gasteiger partial charge in [-0.3, -0.25) is 9.88 Å². The zero-order valence-electron chi connectivity index (χ0n) is 21.5. The van der Waals surface area contributed by atoms with Crippen molar-refractivity contribution in [2.24, 2.45) is 0 Å². The van der Waals surface area contributed by atoms with Gasteiger partial charge >= 0.3 is 0 Å². The Bertz CT molecular complexity index is 1520. The first-order valence-electron chi connectivity index (χ1n) is 13.4. The Morgan fingerprint density at radius 1 is 1.05 bits per heavy atom. The Morgan fingerprint density at radius 3 is 2.62 bits per heavy atom. The van der Waals surface area contributed by atoms with Crippen LogP contribution in [0.2, 0.25) is 5.02 Å². The number of halogens is 2. The molecule has 1 aliphatic carbocycles. The second-order valence-electron chi connectivity index (χ2n) is 10.8. The SMILES string of the molecule is C[C@@]1(c2ccc(Cl)cc2F)Oc2cccc(C3CCN(Cc4ncc(-c5nn[nH]n5)cc4C4CC4)CC3)c2O1. The van der Waals surface area contributed by atoms with E-state index in [-0.39, 0.29) is 0 Å². The zero-order chi connectivity index (χ0) is 26.6. The molecule has 8 nitrogen and oxygen atoms in total. The number of hydrogen-bond acceptors (Lipinski definition) is 7. The number of rotatable bonds is 6. The summed E-state index contributed by atoms with van der Waals surface area (Å²) in [5.41, 5.74) is 4.79. The molecular weight excluding hydrogens is 519 g/mol. The number of likely N-dealkylation sites (tertiary alicyclic amines) is 1. The summed E-state index contributed by atoms with van der Waals surface area (Å²) in [6.07, 6.45) is 6.24. The van der Waals surface area contributed by atoms with E-state index in [1.54, 1.807) is 19.1 Å². The van der Waals surface area contributed by atoms with Crippen molar-refractivity contribution in [2.75, 3.05) is 13.1 Å². The molecule has 1 saturated heterocycles. The van der Waals surface area contributed by atoms with Crippen molar-refractivity contribution in [3.05, 3.63) is 81.9 Å². The molecule has 0 radical (unpaired) electrons. The summed E-state index contributed by atoms with van der Waals surface area (Å²) < 4.78 is 27.3. The standard InChI is InChI=1S/C29H28ClFN6O2/c1-29(23-8-7-20(30)14-24(23)31)38-26-4-2-3-21(27(26)39-29)18-9-11-37(12-10-18)16-25-22(17-5-6-17)13-19(15-32-25)28-33-35-36-34-28/h2-4,7-8,13-15,17-18H,5-6,9-12,16H2,1H3,(H,33,34,35,36)/t29-/m1/s1. The molecule has 2 fully saturated rings. The summed E-state index contributed by atoms with van der Waals surface area (Å²) in [6.45, 7) is 4.49. The number of aromatic amines is 1. The fraction of sp³-hybridized carbons (Fsp3) is 0.379. The Kier molecular flexibility index (Phi) is 6.01. The number of fused-ring (bicyclic) bond motifs is 1. The first kappa shape index (κ1) is 24.5. The first-order chi connectivity index (χ1) is 19.0. The Morgan fingerprint density at radius 2 is 1.87 bits per heavy atom. The lowest BCUT2D eigenvalue weighted by Crippen LogP contribution is -2.34. The highest BCUT2D eigenvalue weighted by atomic mass is 35.5. The average molecular weight is 547 g/mol. The third-order valence-corrected chi connectivity index (χ3v) is 8.29. The number of benzene rings is 2. The van der Waals surface area contributed by atoms with Crippen LogP contribution in [-0.4, -0.2) is 43.6 Å². The highest BCUT2D eigenvalue weighted by Crippen LogP contribution is 2.50. The maximum Gasteiger partial charge on any atom is 0.278 e. The topological polar surface area (TPSA) is 89.1 Å². The number of pyridine rings is 1. The van der Waals surface area contributed by atoms with Gasteiger partial charge in [0.05, 0.1) is 11.3 Å². The number of H-pyrrole nitrogens is 1. The van der Waals surface area contributed by atoms with Gasteiger partial charge in [-0.05, 0) is 91.7 Å². The van der Waals surface area contributed by atoms with E-state index in [2.05, 4.69) is 37.7 Å². The third-order valence-electron chi connectivity index (χ3n) is 8.06. The van der Waals surface area contributed by atoms with Crippen molar-refractivity contribution in [3.63, 3.8) is 0 Å². The van der Waals surface area contributed by atoms with Crippen molar-refractivity contribution in [3.8, 4) is 22.9 Å². The summed E-state index contributed by atoms with van der Waals surface area (Å²) in [6, 6.07) is 12.7. The van der Waals surface area contributed by atoms with Crippen LogP contribution in [0.15, 0.2) is 48.7 Å². The molecule has 0 bridgehead atoms. The molecule has 200 valence electrons. The lowest BCUT2D eigenvalue weighted by molar-refractivity contribution is -0.0712. The minimum absolute atomic E-state index is 0.327. The lowest BCUT2D eigenvalue weighted by Gasteiger charge is -2.33. The van der Waals surface area contributed by atoms with Crippen molar-refractivity contribution in [1.82, 2.24) is 30.5 Å². The monoisotopic (exact) mass is 546 g/mol. The van der Waals surface area contributed by atoms with Crippen LogP contribution in [0.1, 0.15) is 66.8 Å². The van der Waals surface area contributed by atoms with Crippen LogP contribution in [0.3, 0.4) is 0 Å². The Balaban J connectivity index is 1.05. The van der Waals surface area contributed by atoms with Crippen molar-refractivity contribution in [1.29, 1.82) is 0 Å². The lowest BCUT2D eigenvalue weighted by atomic mass is 9.88. The normalized spacial score (nSPS) is 21.4. The van der Waals surface area contributed by atoms with E-state index in [4.69, 9.17) is 26.1 Å². The number of tetrazole rings is 1. The van der Waals surface area contributed by atoms with Gasteiger partial charge in [-0.2, -0.15) is 5.21 Å². The van der Waals surface area contributed by atoms with E-state index in [1.807, 2.05) is 18.3 Å². The molecule has 7 rings (SSSR count). The maximum absolute atomic E-state index is 14.8. The van der Waals surface area contributed by atoms with Crippen LogP contribution >= 0.6 is 11.6 Å². The van der Waals surface area contributed by atoms with Crippen LogP contribution in [0.4, 0.5) is 4.39 Å².